The standard InChI is InChI=1S/C12H16N5O8P/c1-5(19)23-9-8(25-26(20,21)22)6(2-18)24-12(9)17-4-16-7-10(13)14-3-15-11(7)17/h3-4,6,8-9,12,18H,2H2,1H3,(H2,13,14,15)(H2,20,21,22)/p-1/t6-,8-,9-,12-/m1/s1. The summed E-state index contributed by atoms with van der Waals surface area (Å²) in [6.45, 7) is 0.435. The molecule has 14 heteroatoms. The van der Waals surface area contributed by atoms with Gasteiger partial charge in [-0.15, -0.1) is 0 Å². The first-order chi connectivity index (χ1) is 12.2. The molecule has 1 aliphatic rings. The molecule has 0 aliphatic carbocycles. The third-order valence-electron chi connectivity index (χ3n) is 3.68. The van der Waals surface area contributed by atoms with Crippen LogP contribution in [0.4, 0.5) is 5.82 Å². The maximum atomic E-state index is 11.5. The van der Waals surface area contributed by atoms with Crippen LogP contribution in [0.1, 0.15) is 13.2 Å². The predicted octanol–water partition coefficient (Wildman–Crippen LogP) is -1.92. The van der Waals surface area contributed by atoms with Crippen LogP contribution in [-0.2, 0) is 23.4 Å². The number of aliphatic hydroxyl groups excluding tert-OH is 1. The Morgan fingerprint density at radius 3 is 2.81 bits per heavy atom. The maximum absolute atomic E-state index is 11.5. The highest BCUT2D eigenvalue weighted by atomic mass is 31.2. The molecule has 0 aromatic carbocycles. The fourth-order valence-corrected chi connectivity index (χ4v) is 3.30. The van der Waals surface area contributed by atoms with Gasteiger partial charge in [0.1, 0.15) is 24.1 Å². The van der Waals surface area contributed by atoms with Crippen LogP contribution in [-0.4, -0.2) is 60.4 Å². The minimum absolute atomic E-state index is 0.0988. The summed E-state index contributed by atoms with van der Waals surface area (Å²) in [5.41, 5.74) is 6.20. The average molecular weight is 388 g/mol. The number of hydrogen-bond acceptors (Lipinski definition) is 11. The number of aliphatic hydroxyl groups is 1. The Labute approximate surface area is 146 Å². The molecule has 1 saturated heterocycles. The smallest absolute Gasteiger partial charge is 0.303 e. The van der Waals surface area contributed by atoms with Crippen LogP contribution >= 0.6 is 7.82 Å². The molecule has 13 nitrogen and oxygen atoms in total. The van der Waals surface area contributed by atoms with Gasteiger partial charge in [-0.1, -0.05) is 0 Å². The number of imidazole rings is 1. The van der Waals surface area contributed by atoms with E-state index in [1.165, 1.54) is 17.2 Å². The monoisotopic (exact) mass is 388 g/mol. The zero-order chi connectivity index (χ0) is 19.1. The molecular formula is C12H15N5O8P-. The minimum atomic E-state index is -5.21. The van der Waals surface area contributed by atoms with Gasteiger partial charge >= 0.3 is 5.97 Å². The summed E-state index contributed by atoms with van der Waals surface area (Å²) in [5, 5.41) is 9.47. The van der Waals surface area contributed by atoms with E-state index in [9.17, 15) is 19.4 Å². The van der Waals surface area contributed by atoms with Crippen LogP contribution in [0, 0.1) is 0 Å². The highest BCUT2D eigenvalue weighted by molar-refractivity contribution is 7.44. The van der Waals surface area contributed by atoms with Crippen molar-refractivity contribution in [3.63, 3.8) is 0 Å². The summed E-state index contributed by atoms with van der Waals surface area (Å²) in [4.78, 5) is 43.5. The van der Waals surface area contributed by atoms with Crippen molar-refractivity contribution in [2.24, 2.45) is 0 Å². The molecule has 0 radical (unpaired) electrons. The van der Waals surface area contributed by atoms with E-state index >= 15 is 0 Å². The second-order valence-electron chi connectivity index (χ2n) is 5.44. The molecule has 1 fully saturated rings. The quantitative estimate of drug-likeness (QED) is 0.380. The molecule has 5 atom stereocenters. The largest absolute Gasteiger partial charge is 0.756 e. The molecule has 1 aliphatic heterocycles. The van der Waals surface area contributed by atoms with E-state index in [1.54, 1.807) is 0 Å². The van der Waals surface area contributed by atoms with Crippen molar-refractivity contribution in [1.82, 2.24) is 19.5 Å². The number of nitrogen functional groups attached to an aromatic ring is 1. The van der Waals surface area contributed by atoms with Crippen molar-refractivity contribution in [2.75, 3.05) is 12.3 Å². The Bertz CT molecular complexity index is 868. The molecule has 2 aromatic rings. The third kappa shape index (κ3) is 3.53. The lowest BCUT2D eigenvalue weighted by Gasteiger charge is -2.27. The maximum Gasteiger partial charge on any atom is 0.303 e. The fraction of sp³-hybridized carbons (Fsp3) is 0.500. The topological polar surface area (TPSA) is 195 Å². The van der Waals surface area contributed by atoms with Gasteiger partial charge in [0.2, 0.25) is 0 Å². The molecule has 1 unspecified atom stereocenters. The van der Waals surface area contributed by atoms with E-state index in [4.69, 9.17) is 20.1 Å². The summed E-state index contributed by atoms with van der Waals surface area (Å²) in [5.74, 6) is -0.658. The summed E-state index contributed by atoms with van der Waals surface area (Å²) < 4.78 is 27.8. The van der Waals surface area contributed by atoms with Crippen molar-refractivity contribution < 1.29 is 38.3 Å². The molecule has 2 aromatic heterocycles. The van der Waals surface area contributed by atoms with Crippen molar-refractivity contribution in [1.29, 1.82) is 0 Å². The van der Waals surface area contributed by atoms with E-state index < -0.39 is 44.9 Å². The van der Waals surface area contributed by atoms with Crippen LogP contribution in [0.2, 0.25) is 0 Å². The Morgan fingerprint density at radius 2 is 2.19 bits per heavy atom. The van der Waals surface area contributed by atoms with E-state index in [1.807, 2.05) is 0 Å². The first kappa shape index (κ1) is 18.6. The zero-order valence-electron chi connectivity index (χ0n) is 13.3. The van der Waals surface area contributed by atoms with E-state index in [0.717, 1.165) is 6.92 Å². The van der Waals surface area contributed by atoms with E-state index in [2.05, 4.69) is 19.5 Å². The van der Waals surface area contributed by atoms with Gasteiger partial charge in [-0.2, -0.15) is 0 Å². The van der Waals surface area contributed by atoms with Crippen LogP contribution < -0.4 is 10.6 Å². The molecule has 4 N–H and O–H groups in total. The first-order valence-corrected chi connectivity index (χ1v) is 8.79. The number of rotatable bonds is 5. The number of phosphoric acid groups is 1. The van der Waals surface area contributed by atoms with E-state index in [0.29, 0.717) is 0 Å². The Morgan fingerprint density at radius 1 is 1.46 bits per heavy atom. The van der Waals surface area contributed by atoms with Crippen molar-refractivity contribution in [3.05, 3.63) is 12.7 Å². The third-order valence-corrected chi connectivity index (χ3v) is 4.19. The molecule has 26 heavy (non-hydrogen) atoms. The molecule has 0 amide bonds. The van der Waals surface area contributed by atoms with Gasteiger partial charge in [0.05, 0.1) is 12.9 Å². The lowest BCUT2D eigenvalue weighted by molar-refractivity contribution is -0.229. The van der Waals surface area contributed by atoms with Gasteiger partial charge < -0.3 is 34.6 Å². The average Bonchev–Trinajstić information content (AvgIpc) is 3.09. The number of anilines is 1. The molecule has 3 rings (SSSR count). The summed E-state index contributed by atoms with van der Waals surface area (Å²) in [6.07, 6.45) is -2.71. The highest BCUT2D eigenvalue weighted by Gasteiger charge is 2.50. The number of aromatic nitrogens is 4. The van der Waals surface area contributed by atoms with Gasteiger partial charge in [-0.3, -0.25) is 13.9 Å². The second kappa shape index (κ2) is 6.87. The SMILES string of the molecule is CC(=O)O[C@@H]1[C@H](OP(=O)([O-])O)[C@@H](CO)O[C@H]1n1cnc2c(N)ncnc21. The molecule has 0 spiro atoms. The number of esters is 1. The van der Waals surface area contributed by atoms with Crippen molar-refractivity contribution >= 4 is 30.8 Å². The lowest BCUT2D eigenvalue weighted by Crippen LogP contribution is -2.39. The predicted molar refractivity (Wildman–Crippen MR) is 81.0 cm³/mol. The number of nitrogens with zero attached hydrogens (tertiary/aromatic N) is 4. The van der Waals surface area contributed by atoms with Crippen molar-refractivity contribution in [2.45, 2.75) is 31.5 Å². The van der Waals surface area contributed by atoms with Crippen LogP contribution in [0.25, 0.3) is 11.2 Å². The Kier molecular flexibility index (Phi) is 4.92. The normalized spacial score (nSPS) is 28.2. The number of carbonyl (C=O) groups excluding carboxylic acids is 1. The van der Waals surface area contributed by atoms with Gasteiger partial charge in [0.15, 0.2) is 23.8 Å². The summed E-state index contributed by atoms with van der Waals surface area (Å²) >= 11 is 0. The second-order valence-corrected chi connectivity index (χ2v) is 6.59. The summed E-state index contributed by atoms with van der Waals surface area (Å²) in [6, 6.07) is 0. The number of ether oxygens (including phenoxy) is 2. The Balaban J connectivity index is 2.04. The van der Waals surface area contributed by atoms with Crippen LogP contribution in [0.3, 0.4) is 0 Å². The van der Waals surface area contributed by atoms with E-state index in [-0.39, 0.29) is 17.0 Å². The van der Waals surface area contributed by atoms with Crippen LogP contribution in [0.5, 0.6) is 0 Å². The first-order valence-electron chi connectivity index (χ1n) is 7.30. The van der Waals surface area contributed by atoms with Gasteiger partial charge in [-0.05, 0) is 0 Å². The van der Waals surface area contributed by atoms with Gasteiger partial charge in [0.25, 0.3) is 7.82 Å². The number of fused-ring (bicyclic) bond motifs is 1. The molecule has 3 heterocycles. The molecular weight excluding hydrogens is 373 g/mol. The summed E-state index contributed by atoms with van der Waals surface area (Å²) in [7, 11) is -5.21. The number of nitrogens with two attached hydrogens (primary N) is 1. The minimum Gasteiger partial charge on any atom is -0.756 e. The fourth-order valence-electron chi connectivity index (χ4n) is 2.73. The van der Waals surface area contributed by atoms with Gasteiger partial charge in [-0.25, -0.2) is 15.0 Å². The molecule has 142 valence electrons. The highest BCUT2D eigenvalue weighted by Crippen LogP contribution is 2.42. The van der Waals surface area contributed by atoms with Crippen molar-refractivity contribution in [3.8, 4) is 0 Å². The molecule has 0 bridgehead atoms. The van der Waals surface area contributed by atoms with Gasteiger partial charge in [0, 0.05) is 6.92 Å². The Hall–Kier alpha value is -2.15. The lowest BCUT2D eigenvalue weighted by atomic mass is 10.1. The molecule has 0 saturated carbocycles. The number of hydrogen-bond donors (Lipinski definition) is 3. The zero-order valence-corrected chi connectivity index (χ0v) is 14.2. The van der Waals surface area contributed by atoms with Crippen LogP contribution in [0.15, 0.2) is 12.7 Å². The number of phosphoric ester groups is 1. The number of carbonyl (C=O) groups is 1.